The lowest BCUT2D eigenvalue weighted by atomic mass is 10.1. The van der Waals surface area contributed by atoms with Crippen LogP contribution in [-0.4, -0.2) is 30.2 Å². The average Bonchev–Trinajstić information content (AvgIpc) is 2.62. The summed E-state index contributed by atoms with van der Waals surface area (Å²) in [4.78, 5) is 14.9. The molecule has 0 radical (unpaired) electrons. The molecule has 0 aliphatic carbocycles. The van der Waals surface area contributed by atoms with Gasteiger partial charge in [0.1, 0.15) is 5.75 Å². The van der Waals surface area contributed by atoms with Crippen LogP contribution in [0.5, 0.6) is 5.75 Å². The number of carbonyl (C=O) groups excluding carboxylic acids is 1. The van der Waals surface area contributed by atoms with Crippen molar-refractivity contribution in [2.75, 3.05) is 13.1 Å². The summed E-state index contributed by atoms with van der Waals surface area (Å²) in [7, 11) is 0. The molecular weight excluding hydrogens is 373 g/mol. The predicted octanol–water partition coefficient (Wildman–Crippen LogP) is 5.34. The van der Waals surface area contributed by atoms with Crippen molar-refractivity contribution in [2.24, 2.45) is 0 Å². The second-order valence-electron chi connectivity index (χ2n) is 5.74. The van der Waals surface area contributed by atoms with Gasteiger partial charge in [-0.2, -0.15) is 0 Å². The maximum atomic E-state index is 12.8. The molecule has 2 rings (SSSR count). The summed E-state index contributed by atoms with van der Waals surface area (Å²) in [6.07, 6.45) is -1.28. The molecule has 0 aliphatic rings. The van der Waals surface area contributed by atoms with E-state index in [1.165, 1.54) is 0 Å². The predicted molar refractivity (Wildman–Crippen MR) is 105 cm³/mol. The lowest BCUT2D eigenvalue weighted by Gasteiger charge is -2.28. The van der Waals surface area contributed by atoms with Crippen LogP contribution in [0.3, 0.4) is 0 Å². The van der Waals surface area contributed by atoms with E-state index in [1.54, 1.807) is 18.2 Å². The highest BCUT2D eigenvalue weighted by molar-refractivity contribution is 6.35. The monoisotopic (exact) mass is 395 g/mol. The van der Waals surface area contributed by atoms with Gasteiger partial charge in [-0.05, 0) is 38.2 Å². The fraction of sp³-hybridized carbons (Fsp3) is 0.350. The summed E-state index contributed by atoms with van der Waals surface area (Å²) < 4.78 is 11.6. The van der Waals surface area contributed by atoms with E-state index in [0.29, 0.717) is 21.4 Å². The quantitative estimate of drug-likeness (QED) is 0.446. The van der Waals surface area contributed by atoms with Crippen LogP contribution in [0.2, 0.25) is 10.0 Å². The molecule has 0 aliphatic heterocycles. The molecule has 0 N–H and O–H groups in total. The second kappa shape index (κ2) is 9.81. The molecule has 2 aromatic rings. The molecule has 140 valence electrons. The smallest absolute Gasteiger partial charge is 0.353 e. The van der Waals surface area contributed by atoms with Crippen molar-refractivity contribution in [3.05, 3.63) is 64.1 Å². The summed E-state index contributed by atoms with van der Waals surface area (Å²) in [5.74, 6) is -0.0982. The summed E-state index contributed by atoms with van der Waals surface area (Å²) >= 11 is 12.1. The third kappa shape index (κ3) is 5.37. The number of ether oxygens (including phenoxy) is 2. The highest BCUT2D eigenvalue weighted by atomic mass is 35.5. The third-order valence-electron chi connectivity index (χ3n) is 4.07. The normalized spacial score (nSPS) is 13.3. The molecule has 4 nitrogen and oxygen atoms in total. The maximum Gasteiger partial charge on any atom is 0.353 e. The first-order valence-electron chi connectivity index (χ1n) is 8.57. The Labute approximate surface area is 164 Å². The Morgan fingerprint density at radius 1 is 1.08 bits per heavy atom. The van der Waals surface area contributed by atoms with E-state index < -0.39 is 12.1 Å². The van der Waals surface area contributed by atoms with Crippen LogP contribution in [0.25, 0.3) is 0 Å². The van der Waals surface area contributed by atoms with Crippen LogP contribution in [-0.2, 0) is 9.53 Å². The summed E-state index contributed by atoms with van der Waals surface area (Å²) in [6, 6.07) is 14.1. The van der Waals surface area contributed by atoms with Crippen molar-refractivity contribution in [1.82, 2.24) is 4.90 Å². The molecule has 0 bridgehead atoms. The van der Waals surface area contributed by atoms with Gasteiger partial charge in [0.25, 0.3) is 0 Å². The van der Waals surface area contributed by atoms with Gasteiger partial charge in [-0.15, -0.1) is 0 Å². The Balaban J connectivity index is 2.25. The van der Waals surface area contributed by atoms with E-state index in [-0.39, 0.29) is 6.23 Å². The fourth-order valence-electron chi connectivity index (χ4n) is 2.62. The van der Waals surface area contributed by atoms with Gasteiger partial charge in [-0.25, -0.2) is 4.79 Å². The molecule has 2 aromatic carbocycles. The van der Waals surface area contributed by atoms with E-state index in [9.17, 15) is 4.79 Å². The van der Waals surface area contributed by atoms with Crippen LogP contribution in [0, 0.1) is 0 Å². The minimum absolute atomic E-state index is 0.336. The number of hydrogen-bond donors (Lipinski definition) is 0. The zero-order valence-corrected chi connectivity index (χ0v) is 16.6. The minimum atomic E-state index is -0.923. The minimum Gasteiger partial charge on any atom is -0.472 e. The van der Waals surface area contributed by atoms with Gasteiger partial charge in [0.15, 0.2) is 6.23 Å². The lowest BCUT2D eigenvalue weighted by molar-refractivity contribution is -0.166. The first-order chi connectivity index (χ1) is 12.5. The standard InChI is InChI=1S/C20H23Cl2NO3/c1-4-23(5-2)14(3)25-20(24)19(15-9-7-6-8-10-15)26-18-12-11-16(21)13-17(18)22/h6-14,19H,4-5H2,1-3H3. The maximum absolute atomic E-state index is 12.8. The van der Waals surface area contributed by atoms with Crippen molar-refractivity contribution in [2.45, 2.75) is 33.1 Å². The van der Waals surface area contributed by atoms with Crippen molar-refractivity contribution in [1.29, 1.82) is 0 Å². The van der Waals surface area contributed by atoms with Crippen molar-refractivity contribution in [3.63, 3.8) is 0 Å². The first-order valence-corrected chi connectivity index (χ1v) is 9.33. The number of rotatable bonds is 8. The molecule has 6 heteroatoms. The molecule has 0 saturated heterocycles. The number of carbonyl (C=O) groups is 1. The second-order valence-corrected chi connectivity index (χ2v) is 6.58. The molecule has 26 heavy (non-hydrogen) atoms. The number of hydrogen-bond acceptors (Lipinski definition) is 4. The van der Waals surface area contributed by atoms with Crippen LogP contribution in [0.15, 0.2) is 48.5 Å². The Morgan fingerprint density at radius 2 is 1.73 bits per heavy atom. The van der Waals surface area contributed by atoms with E-state index in [0.717, 1.165) is 13.1 Å². The topological polar surface area (TPSA) is 38.8 Å². The van der Waals surface area contributed by atoms with Gasteiger partial charge >= 0.3 is 5.97 Å². The summed E-state index contributed by atoms with van der Waals surface area (Å²) in [5, 5.41) is 0.833. The van der Waals surface area contributed by atoms with Gasteiger partial charge in [-0.3, -0.25) is 4.90 Å². The van der Waals surface area contributed by atoms with E-state index in [1.807, 2.05) is 56.0 Å². The Bertz CT molecular complexity index is 720. The van der Waals surface area contributed by atoms with Crippen molar-refractivity contribution >= 4 is 29.2 Å². The van der Waals surface area contributed by atoms with Crippen LogP contribution in [0.1, 0.15) is 32.4 Å². The van der Waals surface area contributed by atoms with E-state index >= 15 is 0 Å². The highest BCUT2D eigenvalue weighted by Gasteiger charge is 2.28. The zero-order valence-electron chi connectivity index (χ0n) is 15.1. The Morgan fingerprint density at radius 3 is 2.31 bits per heavy atom. The molecule has 0 saturated carbocycles. The van der Waals surface area contributed by atoms with Gasteiger partial charge in [-0.1, -0.05) is 67.4 Å². The number of nitrogens with zero attached hydrogens (tertiary/aromatic N) is 1. The van der Waals surface area contributed by atoms with Gasteiger partial charge < -0.3 is 9.47 Å². The van der Waals surface area contributed by atoms with Gasteiger partial charge in [0, 0.05) is 10.6 Å². The largest absolute Gasteiger partial charge is 0.472 e. The third-order valence-corrected chi connectivity index (χ3v) is 4.60. The summed E-state index contributed by atoms with van der Waals surface area (Å²) in [5.41, 5.74) is 0.690. The van der Waals surface area contributed by atoms with Crippen LogP contribution in [0.4, 0.5) is 0 Å². The van der Waals surface area contributed by atoms with Crippen molar-refractivity contribution < 1.29 is 14.3 Å². The molecule has 0 fully saturated rings. The molecule has 2 unspecified atom stereocenters. The zero-order chi connectivity index (χ0) is 19.1. The van der Waals surface area contributed by atoms with Crippen LogP contribution >= 0.6 is 23.2 Å². The average molecular weight is 396 g/mol. The summed E-state index contributed by atoms with van der Waals surface area (Å²) in [6.45, 7) is 7.46. The fourth-order valence-corrected chi connectivity index (χ4v) is 3.07. The molecular formula is C20H23Cl2NO3. The van der Waals surface area contributed by atoms with Crippen molar-refractivity contribution in [3.8, 4) is 5.75 Å². The Kier molecular flexibility index (Phi) is 7.76. The number of esters is 1. The molecule has 0 aromatic heterocycles. The molecule has 0 amide bonds. The highest BCUT2D eigenvalue weighted by Crippen LogP contribution is 2.32. The molecule has 0 heterocycles. The SMILES string of the molecule is CCN(CC)C(C)OC(=O)C(Oc1ccc(Cl)cc1Cl)c1ccccc1. The number of halogens is 2. The van der Waals surface area contributed by atoms with E-state index in [4.69, 9.17) is 32.7 Å². The van der Waals surface area contributed by atoms with Gasteiger partial charge in [0.2, 0.25) is 6.10 Å². The first kappa shape index (κ1) is 20.6. The van der Waals surface area contributed by atoms with E-state index in [2.05, 4.69) is 0 Å². The lowest BCUT2D eigenvalue weighted by Crippen LogP contribution is -2.38. The van der Waals surface area contributed by atoms with Crippen LogP contribution < -0.4 is 4.74 Å². The molecule has 2 atom stereocenters. The van der Waals surface area contributed by atoms with Gasteiger partial charge in [0.05, 0.1) is 5.02 Å². The Hall–Kier alpha value is -1.75. The molecule has 0 spiro atoms. The number of benzene rings is 2.